The summed E-state index contributed by atoms with van der Waals surface area (Å²) in [5.74, 6) is 2.38. The maximum Gasteiger partial charge on any atom is 0.258 e. The van der Waals surface area contributed by atoms with Crippen LogP contribution in [0.2, 0.25) is 0 Å². The van der Waals surface area contributed by atoms with Crippen molar-refractivity contribution in [2.45, 2.75) is 17.9 Å². The molecular formula is C15H14N2O2S. The average molecular weight is 286 g/mol. The number of H-pyrrole nitrogens is 1. The predicted molar refractivity (Wildman–Crippen MR) is 80.8 cm³/mol. The Morgan fingerprint density at radius 2 is 2.15 bits per heavy atom. The highest BCUT2D eigenvalue weighted by Crippen LogP contribution is 2.28. The van der Waals surface area contributed by atoms with Crippen LogP contribution in [0.4, 0.5) is 0 Å². The van der Waals surface area contributed by atoms with Gasteiger partial charge in [0, 0.05) is 0 Å². The standard InChI is InChI=1S/C15H14N2O2S/c1-10(20-9-11-5-4-8-19-11)14-16-13-7-3-2-6-12(13)15(18)17-14/h2-8,10H,9H2,1H3,(H,16,17,18)/t10-/m0/s1. The van der Waals surface area contributed by atoms with Crippen molar-refractivity contribution in [1.29, 1.82) is 0 Å². The highest BCUT2D eigenvalue weighted by Gasteiger charge is 2.12. The topological polar surface area (TPSA) is 58.9 Å². The molecule has 0 aliphatic heterocycles. The van der Waals surface area contributed by atoms with Gasteiger partial charge in [-0.05, 0) is 31.2 Å². The van der Waals surface area contributed by atoms with Crippen molar-refractivity contribution in [3.63, 3.8) is 0 Å². The van der Waals surface area contributed by atoms with Crippen molar-refractivity contribution < 1.29 is 4.42 Å². The first kappa shape index (κ1) is 13.0. The Bertz CT molecular complexity index is 765. The molecule has 5 heteroatoms. The Hall–Kier alpha value is -2.01. The first-order valence-electron chi connectivity index (χ1n) is 6.37. The van der Waals surface area contributed by atoms with Crippen LogP contribution in [-0.4, -0.2) is 9.97 Å². The van der Waals surface area contributed by atoms with Gasteiger partial charge in [0.15, 0.2) is 0 Å². The van der Waals surface area contributed by atoms with E-state index in [0.29, 0.717) is 11.2 Å². The number of fused-ring (bicyclic) bond motifs is 1. The molecule has 102 valence electrons. The van der Waals surface area contributed by atoms with Gasteiger partial charge < -0.3 is 9.40 Å². The summed E-state index contributed by atoms with van der Waals surface area (Å²) in [6, 6.07) is 11.2. The lowest BCUT2D eigenvalue weighted by Crippen LogP contribution is -2.12. The van der Waals surface area contributed by atoms with Crippen LogP contribution >= 0.6 is 11.8 Å². The number of nitrogens with zero attached hydrogens (tertiary/aromatic N) is 1. The van der Waals surface area contributed by atoms with Crippen LogP contribution < -0.4 is 5.56 Å². The molecule has 0 saturated heterocycles. The largest absolute Gasteiger partial charge is 0.468 e. The first-order valence-corrected chi connectivity index (χ1v) is 7.42. The Morgan fingerprint density at radius 3 is 2.95 bits per heavy atom. The molecule has 0 aliphatic rings. The molecular weight excluding hydrogens is 272 g/mol. The van der Waals surface area contributed by atoms with E-state index < -0.39 is 0 Å². The van der Waals surface area contributed by atoms with Gasteiger partial charge in [-0.1, -0.05) is 12.1 Å². The molecule has 20 heavy (non-hydrogen) atoms. The fraction of sp³-hybridized carbons (Fsp3) is 0.200. The smallest absolute Gasteiger partial charge is 0.258 e. The van der Waals surface area contributed by atoms with Gasteiger partial charge >= 0.3 is 0 Å². The van der Waals surface area contributed by atoms with Gasteiger partial charge in [0.25, 0.3) is 5.56 Å². The fourth-order valence-electron chi connectivity index (χ4n) is 1.98. The van der Waals surface area contributed by atoms with Crippen LogP contribution in [0, 0.1) is 0 Å². The zero-order valence-electron chi connectivity index (χ0n) is 11.0. The van der Waals surface area contributed by atoms with Gasteiger partial charge in [-0.3, -0.25) is 4.79 Å². The van der Waals surface area contributed by atoms with E-state index >= 15 is 0 Å². The molecule has 2 aromatic heterocycles. The second-order valence-electron chi connectivity index (χ2n) is 4.50. The Balaban J connectivity index is 1.84. The molecule has 1 aromatic carbocycles. The molecule has 0 fully saturated rings. The number of aromatic nitrogens is 2. The number of hydrogen-bond acceptors (Lipinski definition) is 4. The van der Waals surface area contributed by atoms with Gasteiger partial charge in [-0.25, -0.2) is 4.98 Å². The van der Waals surface area contributed by atoms with E-state index in [1.807, 2.05) is 37.3 Å². The number of hydrogen-bond donors (Lipinski definition) is 1. The Kier molecular flexibility index (Phi) is 3.60. The summed E-state index contributed by atoms with van der Waals surface area (Å²) in [7, 11) is 0. The summed E-state index contributed by atoms with van der Waals surface area (Å²) in [5, 5.41) is 0.719. The van der Waals surface area contributed by atoms with Gasteiger partial charge in [0.2, 0.25) is 0 Å². The summed E-state index contributed by atoms with van der Waals surface area (Å²) in [5.41, 5.74) is 0.646. The molecule has 2 heterocycles. The molecule has 0 aliphatic carbocycles. The lowest BCUT2D eigenvalue weighted by molar-refractivity contribution is 0.530. The first-order chi connectivity index (χ1) is 9.74. The van der Waals surface area contributed by atoms with E-state index in [-0.39, 0.29) is 10.8 Å². The van der Waals surface area contributed by atoms with Crippen molar-refractivity contribution in [3.05, 3.63) is 64.6 Å². The lowest BCUT2D eigenvalue weighted by Gasteiger charge is -2.10. The van der Waals surface area contributed by atoms with Crippen LogP contribution in [0.3, 0.4) is 0 Å². The highest BCUT2D eigenvalue weighted by atomic mass is 32.2. The molecule has 0 radical (unpaired) electrons. The normalized spacial score (nSPS) is 12.7. The van der Waals surface area contributed by atoms with E-state index in [0.717, 1.165) is 17.0 Å². The maximum absolute atomic E-state index is 12.0. The van der Waals surface area contributed by atoms with Crippen molar-refractivity contribution >= 4 is 22.7 Å². The zero-order valence-corrected chi connectivity index (χ0v) is 11.8. The molecule has 0 amide bonds. The van der Waals surface area contributed by atoms with Gasteiger partial charge in [-0.15, -0.1) is 11.8 Å². The number of aromatic amines is 1. The number of furan rings is 1. The molecule has 3 rings (SSSR count). The van der Waals surface area contributed by atoms with Crippen molar-refractivity contribution in [2.24, 2.45) is 0 Å². The summed E-state index contributed by atoms with van der Waals surface area (Å²) in [6.07, 6.45) is 1.66. The van der Waals surface area contributed by atoms with E-state index in [4.69, 9.17) is 4.42 Å². The van der Waals surface area contributed by atoms with E-state index in [1.54, 1.807) is 24.1 Å². The number of para-hydroxylation sites is 1. The quantitative estimate of drug-likeness (QED) is 0.797. The summed E-state index contributed by atoms with van der Waals surface area (Å²) >= 11 is 1.68. The molecule has 0 unspecified atom stereocenters. The maximum atomic E-state index is 12.0. The average Bonchev–Trinajstić information content (AvgIpc) is 2.98. The van der Waals surface area contributed by atoms with Crippen LogP contribution in [0.5, 0.6) is 0 Å². The third kappa shape index (κ3) is 2.63. The minimum Gasteiger partial charge on any atom is -0.468 e. The molecule has 1 N–H and O–H groups in total. The summed E-state index contributed by atoms with van der Waals surface area (Å²) in [4.78, 5) is 19.4. The van der Waals surface area contributed by atoms with Crippen LogP contribution in [-0.2, 0) is 5.75 Å². The van der Waals surface area contributed by atoms with Crippen LogP contribution in [0.1, 0.15) is 23.8 Å². The number of thioether (sulfide) groups is 1. The predicted octanol–water partition coefficient (Wildman–Crippen LogP) is 3.51. The Morgan fingerprint density at radius 1 is 1.30 bits per heavy atom. The van der Waals surface area contributed by atoms with Crippen molar-refractivity contribution in [2.75, 3.05) is 0 Å². The summed E-state index contributed by atoms with van der Waals surface area (Å²) < 4.78 is 5.30. The third-order valence-electron chi connectivity index (χ3n) is 3.07. The number of rotatable bonds is 4. The van der Waals surface area contributed by atoms with Crippen molar-refractivity contribution in [1.82, 2.24) is 9.97 Å². The van der Waals surface area contributed by atoms with Crippen LogP contribution in [0.25, 0.3) is 10.9 Å². The SMILES string of the molecule is C[C@H](SCc1ccco1)c1nc2ccccc2c(=O)[nH]1. The molecule has 1 atom stereocenters. The summed E-state index contributed by atoms with van der Waals surface area (Å²) in [6.45, 7) is 2.03. The molecule has 0 spiro atoms. The van der Waals surface area contributed by atoms with Gasteiger partial charge in [-0.2, -0.15) is 0 Å². The fourth-order valence-corrected chi connectivity index (χ4v) is 2.83. The zero-order chi connectivity index (χ0) is 13.9. The van der Waals surface area contributed by atoms with Crippen LogP contribution in [0.15, 0.2) is 51.9 Å². The van der Waals surface area contributed by atoms with Crippen molar-refractivity contribution in [3.8, 4) is 0 Å². The van der Waals surface area contributed by atoms with Gasteiger partial charge in [0.1, 0.15) is 11.6 Å². The minimum absolute atomic E-state index is 0.0870. The highest BCUT2D eigenvalue weighted by molar-refractivity contribution is 7.98. The van der Waals surface area contributed by atoms with E-state index in [2.05, 4.69) is 9.97 Å². The second kappa shape index (κ2) is 5.54. The monoisotopic (exact) mass is 286 g/mol. The number of nitrogens with one attached hydrogen (secondary N) is 1. The van der Waals surface area contributed by atoms with E-state index in [9.17, 15) is 4.79 Å². The molecule has 4 nitrogen and oxygen atoms in total. The molecule has 0 saturated carbocycles. The van der Waals surface area contributed by atoms with E-state index in [1.165, 1.54) is 0 Å². The molecule has 3 aromatic rings. The van der Waals surface area contributed by atoms with Gasteiger partial charge in [0.05, 0.1) is 28.2 Å². The number of benzene rings is 1. The third-order valence-corrected chi connectivity index (χ3v) is 4.25. The second-order valence-corrected chi connectivity index (χ2v) is 5.83. The lowest BCUT2D eigenvalue weighted by atomic mass is 10.2. The minimum atomic E-state index is -0.0870. The Labute approximate surface area is 120 Å². The molecule has 0 bridgehead atoms.